The molecule has 0 aliphatic rings. The van der Waals surface area contributed by atoms with Crippen LogP contribution in [-0.4, -0.2) is 18.7 Å². The van der Waals surface area contributed by atoms with E-state index in [1.807, 2.05) is 0 Å². The third kappa shape index (κ3) is 6.53. The Bertz CT molecular complexity index is 175. The van der Waals surface area contributed by atoms with E-state index in [2.05, 4.69) is 22.5 Å². The molecule has 0 aromatic carbocycles. The number of carbonyl (C=O) groups is 1. The summed E-state index contributed by atoms with van der Waals surface area (Å²) in [5, 5.41) is 6.71. The van der Waals surface area contributed by atoms with Gasteiger partial charge in [-0.25, -0.2) is 0 Å². The van der Waals surface area contributed by atoms with Crippen LogP contribution in [-0.2, 0) is 4.79 Å². The number of hydrogen-bond acceptors (Lipinski definition) is 3. The third-order valence-electron chi connectivity index (χ3n) is 0.453. The highest BCUT2D eigenvalue weighted by Crippen LogP contribution is 1.64. The van der Waals surface area contributed by atoms with Crippen LogP contribution in [0.3, 0.4) is 0 Å². The van der Waals surface area contributed by atoms with E-state index in [0.717, 1.165) is 6.21 Å². The first kappa shape index (κ1) is 7.53. The van der Waals surface area contributed by atoms with Crippen LogP contribution in [0.25, 0.3) is 0 Å². The number of aldehydes is 1. The summed E-state index contributed by atoms with van der Waals surface area (Å²) in [7, 11) is 0. The first-order chi connectivity index (χ1) is 4.41. The summed E-state index contributed by atoms with van der Waals surface area (Å²) in [4.78, 5) is 9.58. The van der Waals surface area contributed by atoms with Gasteiger partial charge >= 0.3 is 0 Å². The van der Waals surface area contributed by atoms with Gasteiger partial charge in [-0.15, -0.1) is 5.73 Å². The lowest BCUT2D eigenvalue weighted by Crippen LogP contribution is -1.68. The third-order valence-corrected chi connectivity index (χ3v) is 0.453. The molecule has 0 aromatic rings. The zero-order valence-electron chi connectivity index (χ0n) is 4.82. The fraction of sp³-hybridized carbons (Fsp3) is 0. The molecule has 0 bridgehead atoms. The van der Waals surface area contributed by atoms with Gasteiger partial charge in [0.25, 0.3) is 0 Å². The molecule has 0 unspecified atom stereocenters. The first-order valence-corrected chi connectivity index (χ1v) is 2.26. The first-order valence-electron chi connectivity index (χ1n) is 2.26. The van der Waals surface area contributed by atoms with Crippen molar-refractivity contribution in [3.8, 4) is 0 Å². The Balaban J connectivity index is 3.58. The number of nitrogens with zero attached hydrogens (tertiary/aromatic N) is 2. The summed E-state index contributed by atoms with van der Waals surface area (Å²) >= 11 is 0. The average Bonchev–Trinajstić information content (AvgIpc) is 1.89. The number of carbonyl (C=O) groups excluding carboxylic acids is 1. The van der Waals surface area contributed by atoms with Gasteiger partial charge in [0.1, 0.15) is 0 Å². The predicted octanol–water partition coefficient (Wildman–Crippen LogP) is 0.583. The van der Waals surface area contributed by atoms with E-state index in [1.54, 1.807) is 0 Å². The Kier molecular flexibility index (Phi) is 5.46. The van der Waals surface area contributed by atoms with Crippen LogP contribution >= 0.6 is 0 Å². The van der Waals surface area contributed by atoms with Crippen LogP contribution < -0.4 is 0 Å². The molecule has 0 aliphatic heterocycles. The summed E-state index contributed by atoms with van der Waals surface area (Å²) in [6.45, 7) is 3.29. The van der Waals surface area contributed by atoms with Crippen LogP contribution in [0.15, 0.2) is 28.6 Å². The lowest BCUT2D eigenvalue weighted by atomic mass is 10.7. The SMILES string of the molecule is C=C=CC=NN=CC=O. The summed E-state index contributed by atoms with van der Waals surface area (Å²) < 4.78 is 0. The predicted molar refractivity (Wildman–Crippen MR) is 36.8 cm³/mol. The van der Waals surface area contributed by atoms with Gasteiger partial charge in [0.15, 0.2) is 6.29 Å². The van der Waals surface area contributed by atoms with Crippen molar-refractivity contribution in [1.29, 1.82) is 0 Å². The van der Waals surface area contributed by atoms with Gasteiger partial charge < -0.3 is 0 Å². The minimum absolute atomic E-state index is 0.551. The van der Waals surface area contributed by atoms with Crippen LogP contribution in [0.5, 0.6) is 0 Å². The lowest BCUT2D eigenvalue weighted by molar-refractivity contribution is -0.102. The minimum Gasteiger partial charge on any atom is -0.297 e. The highest BCUT2D eigenvalue weighted by molar-refractivity contribution is 6.12. The standard InChI is InChI=1S/C6H6N2O/c1-2-3-4-7-8-5-6-9/h3-6H,1H2. The summed E-state index contributed by atoms with van der Waals surface area (Å²) in [5.41, 5.74) is 2.46. The molecule has 0 radical (unpaired) electrons. The summed E-state index contributed by atoms with van der Waals surface area (Å²) in [5.74, 6) is 0. The molecule has 0 aromatic heterocycles. The minimum atomic E-state index is 0.551. The monoisotopic (exact) mass is 122 g/mol. The van der Waals surface area contributed by atoms with Crippen molar-refractivity contribution < 1.29 is 4.79 Å². The summed E-state index contributed by atoms with van der Waals surface area (Å²) in [6.07, 6.45) is 4.47. The van der Waals surface area contributed by atoms with Gasteiger partial charge in [0.2, 0.25) is 0 Å². The maximum Gasteiger partial charge on any atom is 0.162 e. The molecular weight excluding hydrogens is 116 g/mol. The van der Waals surface area contributed by atoms with Crippen molar-refractivity contribution in [2.75, 3.05) is 0 Å². The van der Waals surface area contributed by atoms with Crippen molar-refractivity contribution in [3.05, 3.63) is 18.4 Å². The molecule has 0 aliphatic carbocycles. The highest BCUT2D eigenvalue weighted by atomic mass is 16.1. The van der Waals surface area contributed by atoms with Crippen molar-refractivity contribution in [3.63, 3.8) is 0 Å². The Morgan fingerprint density at radius 1 is 1.33 bits per heavy atom. The maximum absolute atomic E-state index is 9.58. The normalized spacial score (nSPS) is 9.78. The van der Waals surface area contributed by atoms with Gasteiger partial charge in [-0.1, -0.05) is 6.58 Å². The van der Waals surface area contributed by atoms with E-state index in [1.165, 1.54) is 12.3 Å². The van der Waals surface area contributed by atoms with Gasteiger partial charge in [-0.05, 0) is 6.08 Å². The second-order valence-electron chi connectivity index (χ2n) is 1.04. The molecule has 0 fully saturated rings. The van der Waals surface area contributed by atoms with Crippen LogP contribution in [0.2, 0.25) is 0 Å². The molecule has 0 spiro atoms. The van der Waals surface area contributed by atoms with Crippen molar-refractivity contribution in [2.24, 2.45) is 10.2 Å². The van der Waals surface area contributed by atoms with Crippen LogP contribution in [0.4, 0.5) is 0 Å². The van der Waals surface area contributed by atoms with E-state index in [0.29, 0.717) is 6.29 Å². The molecule has 0 saturated carbocycles. The van der Waals surface area contributed by atoms with E-state index in [-0.39, 0.29) is 0 Å². The quantitative estimate of drug-likeness (QED) is 0.234. The van der Waals surface area contributed by atoms with Gasteiger partial charge in [-0.2, -0.15) is 10.2 Å². The van der Waals surface area contributed by atoms with E-state index in [9.17, 15) is 4.79 Å². The molecule has 9 heavy (non-hydrogen) atoms. The highest BCUT2D eigenvalue weighted by Gasteiger charge is 1.59. The zero-order valence-corrected chi connectivity index (χ0v) is 4.82. The van der Waals surface area contributed by atoms with Crippen molar-refractivity contribution >= 4 is 18.7 Å². The Morgan fingerprint density at radius 3 is 2.56 bits per heavy atom. The van der Waals surface area contributed by atoms with Gasteiger partial charge in [-0.3, -0.25) is 4.79 Å². The van der Waals surface area contributed by atoms with Crippen molar-refractivity contribution in [1.82, 2.24) is 0 Å². The van der Waals surface area contributed by atoms with Crippen molar-refractivity contribution in [2.45, 2.75) is 0 Å². The Hall–Kier alpha value is -1.47. The molecule has 46 valence electrons. The number of hydrogen-bond donors (Lipinski definition) is 0. The lowest BCUT2D eigenvalue weighted by Gasteiger charge is -1.66. The number of allylic oxidation sites excluding steroid dienone is 1. The second kappa shape index (κ2) is 6.53. The van der Waals surface area contributed by atoms with Gasteiger partial charge in [0, 0.05) is 0 Å². The second-order valence-corrected chi connectivity index (χ2v) is 1.04. The number of rotatable bonds is 3. The van der Waals surface area contributed by atoms with E-state index in [4.69, 9.17) is 0 Å². The molecule has 0 heterocycles. The van der Waals surface area contributed by atoms with Crippen LogP contribution in [0, 0.1) is 0 Å². The molecule has 0 saturated heterocycles. The maximum atomic E-state index is 9.58. The molecule has 3 nitrogen and oxygen atoms in total. The molecule has 0 amide bonds. The topological polar surface area (TPSA) is 41.8 Å². The Labute approximate surface area is 53.1 Å². The van der Waals surface area contributed by atoms with E-state index >= 15 is 0 Å². The van der Waals surface area contributed by atoms with Gasteiger partial charge in [0.05, 0.1) is 12.4 Å². The zero-order chi connectivity index (χ0) is 6.95. The van der Waals surface area contributed by atoms with E-state index < -0.39 is 0 Å². The molecular formula is C6H6N2O. The Morgan fingerprint density at radius 2 is 2.00 bits per heavy atom. The summed E-state index contributed by atoms with van der Waals surface area (Å²) in [6, 6.07) is 0. The largest absolute Gasteiger partial charge is 0.297 e. The molecule has 0 rings (SSSR count). The van der Waals surface area contributed by atoms with Crippen LogP contribution in [0.1, 0.15) is 0 Å². The smallest absolute Gasteiger partial charge is 0.162 e. The molecule has 3 heteroatoms. The fourth-order valence-electron chi connectivity index (χ4n) is 0.190. The fourth-order valence-corrected chi connectivity index (χ4v) is 0.190. The molecule has 0 atom stereocenters. The average molecular weight is 122 g/mol. The molecule has 0 N–H and O–H groups in total.